The third-order valence-corrected chi connectivity index (χ3v) is 6.32. The molecule has 7 nitrogen and oxygen atoms in total. The molecule has 2 aromatic rings. The Labute approximate surface area is 163 Å². The number of anilines is 1. The summed E-state index contributed by atoms with van der Waals surface area (Å²) in [4.78, 5) is 14.1. The van der Waals surface area contributed by atoms with Crippen LogP contribution in [0.3, 0.4) is 0 Å². The van der Waals surface area contributed by atoms with E-state index in [1.807, 2.05) is 11.0 Å². The molecule has 0 bridgehead atoms. The van der Waals surface area contributed by atoms with E-state index >= 15 is 0 Å². The number of nitriles is 1. The second-order valence-corrected chi connectivity index (χ2v) is 8.31. The van der Waals surface area contributed by atoms with Crippen LogP contribution in [0.25, 0.3) is 0 Å². The number of piperazine rings is 1. The summed E-state index contributed by atoms with van der Waals surface area (Å²) in [5.74, 6) is -0.625. The van der Waals surface area contributed by atoms with E-state index in [-0.39, 0.29) is 41.8 Å². The van der Waals surface area contributed by atoms with Crippen LogP contribution < -0.4 is 5.32 Å². The van der Waals surface area contributed by atoms with E-state index in [4.69, 9.17) is 5.26 Å². The molecule has 0 aliphatic carbocycles. The molecule has 0 unspecified atom stereocenters. The van der Waals surface area contributed by atoms with Crippen molar-refractivity contribution >= 4 is 21.6 Å². The summed E-state index contributed by atoms with van der Waals surface area (Å²) < 4.78 is 39.7. The van der Waals surface area contributed by atoms with Gasteiger partial charge in [-0.2, -0.15) is 9.57 Å². The van der Waals surface area contributed by atoms with Crippen LogP contribution in [0.5, 0.6) is 0 Å². The number of benzene rings is 2. The molecule has 28 heavy (non-hydrogen) atoms. The predicted octanol–water partition coefficient (Wildman–Crippen LogP) is 1.64. The van der Waals surface area contributed by atoms with Gasteiger partial charge in [-0.25, -0.2) is 12.8 Å². The van der Waals surface area contributed by atoms with Crippen molar-refractivity contribution in [2.75, 3.05) is 38.0 Å². The molecule has 0 radical (unpaired) electrons. The normalized spacial score (nSPS) is 15.7. The molecule has 1 heterocycles. The summed E-state index contributed by atoms with van der Waals surface area (Å²) in [6.45, 7) is 1.45. The van der Waals surface area contributed by atoms with Gasteiger partial charge >= 0.3 is 0 Å². The van der Waals surface area contributed by atoms with Crippen LogP contribution >= 0.6 is 0 Å². The van der Waals surface area contributed by atoms with E-state index in [1.165, 1.54) is 40.7 Å². The molecule has 1 aliphatic rings. The number of hydrogen-bond donors (Lipinski definition) is 1. The van der Waals surface area contributed by atoms with Crippen molar-refractivity contribution < 1.29 is 17.6 Å². The van der Waals surface area contributed by atoms with Gasteiger partial charge in [0.2, 0.25) is 15.9 Å². The fourth-order valence-corrected chi connectivity index (χ4v) is 4.41. The number of nitrogens with zero attached hydrogens (tertiary/aromatic N) is 3. The molecule has 9 heteroatoms. The maximum atomic E-state index is 12.9. The average Bonchev–Trinajstić information content (AvgIpc) is 2.70. The molecule has 0 atom stereocenters. The number of nitrogens with one attached hydrogen (secondary N) is 1. The molecule has 1 fully saturated rings. The minimum Gasteiger partial charge on any atom is -0.325 e. The van der Waals surface area contributed by atoms with Crippen LogP contribution in [-0.2, 0) is 14.8 Å². The molecule has 2 aromatic carbocycles. The van der Waals surface area contributed by atoms with Gasteiger partial charge in [0.15, 0.2) is 0 Å². The first-order valence-electron chi connectivity index (χ1n) is 8.66. The zero-order valence-electron chi connectivity index (χ0n) is 15.0. The van der Waals surface area contributed by atoms with Crippen molar-refractivity contribution in [3.05, 3.63) is 59.9 Å². The maximum Gasteiger partial charge on any atom is 0.243 e. The van der Waals surface area contributed by atoms with Crippen LogP contribution in [0, 0.1) is 17.1 Å². The summed E-state index contributed by atoms with van der Waals surface area (Å²) >= 11 is 0. The Morgan fingerprint density at radius 1 is 1.11 bits per heavy atom. The Hall–Kier alpha value is -2.80. The SMILES string of the molecule is N#Cc1cccc(S(=O)(=O)N2CCN(CC(=O)Nc3ccc(F)cc3)CC2)c1. The first kappa shape index (κ1) is 19.9. The number of hydrogen-bond acceptors (Lipinski definition) is 5. The Morgan fingerprint density at radius 2 is 1.79 bits per heavy atom. The molecule has 0 aromatic heterocycles. The monoisotopic (exact) mass is 402 g/mol. The Morgan fingerprint density at radius 3 is 2.43 bits per heavy atom. The third-order valence-electron chi connectivity index (χ3n) is 4.43. The van der Waals surface area contributed by atoms with Gasteiger partial charge in [-0.3, -0.25) is 9.69 Å². The van der Waals surface area contributed by atoms with Gasteiger partial charge in [0, 0.05) is 31.9 Å². The van der Waals surface area contributed by atoms with E-state index in [9.17, 15) is 17.6 Å². The van der Waals surface area contributed by atoms with Crippen LogP contribution in [-0.4, -0.2) is 56.3 Å². The van der Waals surface area contributed by atoms with E-state index in [0.717, 1.165) is 0 Å². The minimum absolute atomic E-state index is 0.0917. The number of carbonyl (C=O) groups is 1. The maximum absolute atomic E-state index is 12.9. The van der Waals surface area contributed by atoms with E-state index in [2.05, 4.69) is 5.32 Å². The molecule has 1 aliphatic heterocycles. The van der Waals surface area contributed by atoms with Crippen LogP contribution in [0.15, 0.2) is 53.4 Å². The lowest BCUT2D eigenvalue weighted by atomic mass is 10.2. The summed E-state index contributed by atoms with van der Waals surface area (Å²) in [5, 5.41) is 11.6. The minimum atomic E-state index is -3.68. The van der Waals surface area contributed by atoms with Crippen molar-refractivity contribution in [2.45, 2.75) is 4.90 Å². The standard InChI is InChI=1S/C19H19FN4O3S/c20-16-4-6-17(7-5-16)22-19(25)14-23-8-10-24(11-9-23)28(26,27)18-3-1-2-15(12-18)13-21/h1-7,12H,8-11,14H2,(H,22,25). The molecular weight excluding hydrogens is 383 g/mol. The zero-order valence-corrected chi connectivity index (χ0v) is 15.8. The molecule has 0 spiro atoms. The highest BCUT2D eigenvalue weighted by Gasteiger charge is 2.29. The van der Waals surface area contributed by atoms with Crippen LogP contribution in [0.2, 0.25) is 0 Å². The smallest absolute Gasteiger partial charge is 0.243 e. The Bertz CT molecular complexity index is 995. The molecule has 146 valence electrons. The molecule has 1 saturated heterocycles. The second kappa shape index (κ2) is 8.48. The number of sulfonamides is 1. The fourth-order valence-electron chi connectivity index (χ4n) is 2.94. The molecular formula is C19H19FN4O3S. The summed E-state index contributed by atoms with van der Waals surface area (Å²) in [7, 11) is -3.68. The van der Waals surface area contributed by atoms with Gasteiger partial charge in [0.05, 0.1) is 23.1 Å². The highest BCUT2D eigenvalue weighted by Crippen LogP contribution is 2.18. The third kappa shape index (κ3) is 4.72. The quantitative estimate of drug-likeness (QED) is 0.821. The molecule has 1 amide bonds. The lowest BCUT2D eigenvalue weighted by molar-refractivity contribution is -0.117. The largest absolute Gasteiger partial charge is 0.325 e. The van der Waals surface area contributed by atoms with Crippen LogP contribution in [0.1, 0.15) is 5.56 Å². The van der Waals surface area contributed by atoms with Gasteiger partial charge in [0.1, 0.15) is 5.82 Å². The number of carbonyl (C=O) groups excluding carboxylic acids is 1. The Balaban J connectivity index is 1.55. The first-order chi connectivity index (χ1) is 13.4. The number of amides is 1. The summed E-state index contributed by atoms with van der Waals surface area (Å²) in [6, 6.07) is 13.4. The van der Waals surface area contributed by atoms with Crippen molar-refractivity contribution in [3.63, 3.8) is 0 Å². The van der Waals surface area contributed by atoms with Gasteiger partial charge in [0.25, 0.3) is 0 Å². The summed E-state index contributed by atoms with van der Waals surface area (Å²) in [5.41, 5.74) is 0.794. The van der Waals surface area contributed by atoms with Crippen molar-refractivity contribution in [2.24, 2.45) is 0 Å². The van der Waals surface area contributed by atoms with Gasteiger partial charge in [-0.05, 0) is 42.5 Å². The van der Waals surface area contributed by atoms with Gasteiger partial charge in [-0.15, -0.1) is 0 Å². The highest BCUT2D eigenvalue weighted by molar-refractivity contribution is 7.89. The van der Waals surface area contributed by atoms with Crippen molar-refractivity contribution in [1.29, 1.82) is 5.26 Å². The van der Waals surface area contributed by atoms with Gasteiger partial charge in [-0.1, -0.05) is 6.07 Å². The Kier molecular flexibility index (Phi) is 6.04. The second-order valence-electron chi connectivity index (χ2n) is 6.37. The highest BCUT2D eigenvalue weighted by atomic mass is 32.2. The lowest BCUT2D eigenvalue weighted by Crippen LogP contribution is -2.50. The topological polar surface area (TPSA) is 93.5 Å². The molecule has 1 N–H and O–H groups in total. The van der Waals surface area contributed by atoms with Crippen molar-refractivity contribution in [1.82, 2.24) is 9.21 Å². The van der Waals surface area contributed by atoms with Crippen LogP contribution in [0.4, 0.5) is 10.1 Å². The zero-order chi connectivity index (χ0) is 20.1. The van der Waals surface area contributed by atoms with Crippen molar-refractivity contribution in [3.8, 4) is 6.07 Å². The average molecular weight is 402 g/mol. The fraction of sp³-hybridized carbons (Fsp3) is 0.263. The first-order valence-corrected chi connectivity index (χ1v) is 10.1. The molecule has 0 saturated carbocycles. The predicted molar refractivity (Wildman–Crippen MR) is 101 cm³/mol. The van der Waals surface area contributed by atoms with E-state index in [0.29, 0.717) is 18.8 Å². The van der Waals surface area contributed by atoms with E-state index < -0.39 is 10.0 Å². The molecule has 3 rings (SSSR count). The van der Waals surface area contributed by atoms with Gasteiger partial charge < -0.3 is 5.32 Å². The number of halogens is 1. The lowest BCUT2D eigenvalue weighted by Gasteiger charge is -2.33. The summed E-state index contributed by atoms with van der Waals surface area (Å²) in [6.07, 6.45) is 0. The number of rotatable bonds is 5. The van der Waals surface area contributed by atoms with E-state index in [1.54, 1.807) is 12.1 Å².